The Balaban J connectivity index is 1.72. The molecular weight excluding hydrogens is 406 g/mol. The van der Waals surface area contributed by atoms with E-state index in [-0.39, 0.29) is 17.2 Å². The number of nitrogens with zero attached hydrogens (tertiary/aromatic N) is 1. The van der Waals surface area contributed by atoms with E-state index in [1.54, 1.807) is 36.4 Å². The third kappa shape index (κ3) is 5.29. The van der Waals surface area contributed by atoms with Crippen LogP contribution in [0.25, 0.3) is 0 Å². The molecule has 0 aliphatic carbocycles. The van der Waals surface area contributed by atoms with Crippen LogP contribution in [0.1, 0.15) is 10.7 Å². The van der Waals surface area contributed by atoms with Gasteiger partial charge in [-0.25, -0.2) is 13.4 Å². The second-order valence-electron chi connectivity index (χ2n) is 5.72. The number of anilines is 2. The summed E-state index contributed by atoms with van der Waals surface area (Å²) in [6.45, 7) is 1.87. The van der Waals surface area contributed by atoms with Crippen LogP contribution in [0.3, 0.4) is 0 Å². The fourth-order valence-corrected chi connectivity index (χ4v) is 4.17. The first-order chi connectivity index (χ1) is 12.8. The lowest BCUT2D eigenvalue weighted by Crippen LogP contribution is -2.16. The van der Waals surface area contributed by atoms with Crippen molar-refractivity contribution < 1.29 is 13.2 Å². The quantitative estimate of drug-likeness (QED) is 0.627. The topological polar surface area (TPSA) is 88.2 Å². The molecule has 2 aromatic carbocycles. The Bertz CT molecular complexity index is 1060. The van der Waals surface area contributed by atoms with Crippen LogP contribution >= 0.6 is 22.9 Å². The Hall–Kier alpha value is -2.42. The van der Waals surface area contributed by atoms with Crippen molar-refractivity contribution in [2.45, 2.75) is 18.2 Å². The first-order valence-electron chi connectivity index (χ1n) is 7.91. The number of sulfonamides is 1. The first-order valence-corrected chi connectivity index (χ1v) is 10.7. The van der Waals surface area contributed by atoms with Gasteiger partial charge in [0.15, 0.2) is 0 Å². The van der Waals surface area contributed by atoms with Crippen LogP contribution < -0.4 is 10.0 Å². The molecule has 0 saturated heterocycles. The first kappa shape index (κ1) is 19.3. The summed E-state index contributed by atoms with van der Waals surface area (Å²) in [6.07, 6.45) is 0.129. The number of carbonyl (C=O) groups excluding carboxylic acids is 1. The van der Waals surface area contributed by atoms with E-state index in [4.69, 9.17) is 11.6 Å². The van der Waals surface area contributed by atoms with Gasteiger partial charge in [0, 0.05) is 21.8 Å². The fourth-order valence-electron chi connectivity index (χ4n) is 2.33. The van der Waals surface area contributed by atoms with Gasteiger partial charge in [0.2, 0.25) is 5.91 Å². The Labute approximate surface area is 166 Å². The van der Waals surface area contributed by atoms with E-state index in [2.05, 4.69) is 15.0 Å². The molecule has 6 nitrogen and oxygen atoms in total. The van der Waals surface area contributed by atoms with Crippen molar-refractivity contribution in [3.8, 4) is 0 Å². The Kier molecular flexibility index (Phi) is 5.79. The highest BCUT2D eigenvalue weighted by atomic mass is 35.5. The minimum Gasteiger partial charge on any atom is -0.326 e. The van der Waals surface area contributed by atoms with Crippen LogP contribution in [-0.4, -0.2) is 19.3 Å². The number of rotatable bonds is 6. The number of benzene rings is 2. The molecule has 1 aromatic heterocycles. The lowest BCUT2D eigenvalue weighted by Gasteiger charge is -2.10. The number of carbonyl (C=O) groups is 1. The minimum absolute atomic E-state index is 0.0414. The highest BCUT2D eigenvalue weighted by Crippen LogP contribution is 2.21. The van der Waals surface area contributed by atoms with Gasteiger partial charge in [0.25, 0.3) is 10.0 Å². The molecule has 2 N–H and O–H groups in total. The highest BCUT2D eigenvalue weighted by Gasteiger charge is 2.15. The molecule has 0 saturated carbocycles. The second-order valence-corrected chi connectivity index (χ2v) is 8.90. The molecule has 0 aliphatic rings. The summed E-state index contributed by atoms with van der Waals surface area (Å²) in [6, 6.07) is 12.4. The van der Waals surface area contributed by atoms with Gasteiger partial charge < -0.3 is 5.32 Å². The zero-order chi connectivity index (χ0) is 19.4. The normalized spacial score (nSPS) is 11.2. The van der Waals surface area contributed by atoms with Crippen LogP contribution in [0.4, 0.5) is 11.4 Å². The molecule has 140 valence electrons. The number of amides is 1. The lowest BCUT2D eigenvalue weighted by atomic mass is 10.3. The number of aromatic nitrogens is 1. The standard InChI is InChI=1S/C18H16ClN3O3S2/c1-12-20-16(11-26-12)10-18(23)21-15-3-2-4-17(9-15)27(24,25)22-14-7-5-13(19)6-8-14/h2-9,11,22H,10H2,1H3,(H,21,23). The summed E-state index contributed by atoms with van der Waals surface area (Å²) in [4.78, 5) is 16.4. The molecule has 0 spiro atoms. The van der Waals surface area contributed by atoms with Crippen molar-refractivity contribution in [3.05, 3.63) is 69.6 Å². The molecule has 3 rings (SSSR count). The smallest absolute Gasteiger partial charge is 0.261 e. The summed E-state index contributed by atoms with van der Waals surface area (Å²) in [5, 5.41) is 5.92. The van der Waals surface area contributed by atoms with Crippen LogP contribution in [0.15, 0.2) is 58.8 Å². The number of thiazole rings is 1. The Morgan fingerprint density at radius 1 is 1.15 bits per heavy atom. The molecule has 0 bridgehead atoms. The van der Waals surface area contributed by atoms with Crippen molar-refractivity contribution in [1.29, 1.82) is 0 Å². The summed E-state index contributed by atoms with van der Waals surface area (Å²) in [5.74, 6) is -0.263. The summed E-state index contributed by atoms with van der Waals surface area (Å²) in [5.41, 5.74) is 1.47. The van der Waals surface area contributed by atoms with Gasteiger partial charge in [-0.1, -0.05) is 17.7 Å². The molecule has 1 heterocycles. The number of hydrogen-bond donors (Lipinski definition) is 2. The summed E-state index contributed by atoms with van der Waals surface area (Å²) in [7, 11) is -3.80. The molecule has 0 unspecified atom stereocenters. The SMILES string of the molecule is Cc1nc(CC(=O)Nc2cccc(S(=O)(=O)Nc3ccc(Cl)cc3)c2)cs1. The number of halogens is 1. The van der Waals surface area contributed by atoms with Gasteiger partial charge in [-0.05, 0) is 49.4 Å². The average molecular weight is 422 g/mol. The largest absolute Gasteiger partial charge is 0.326 e. The molecule has 0 aliphatic heterocycles. The Morgan fingerprint density at radius 3 is 2.56 bits per heavy atom. The van der Waals surface area contributed by atoms with Crippen molar-refractivity contribution in [1.82, 2.24) is 4.98 Å². The van der Waals surface area contributed by atoms with Crippen molar-refractivity contribution in [2.24, 2.45) is 0 Å². The van der Waals surface area contributed by atoms with Crippen LogP contribution in [0, 0.1) is 6.92 Å². The predicted octanol–water partition coefficient (Wildman–Crippen LogP) is 4.09. The van der Waals surface area contributed by atoms with Gasteiger partial charge in [-0.15, -0.1) is 11.3 Å². The van der Waals surface area contributed by atoms with Crippen LogP contribution in [0.5, 0.6) is 0 Å². The van der Waals surface area contributed by atoms with Crippen molar-refractivity contribution in [2.75, 3.05) is 10.0 Å². The molecular formula is C18H16ClN3O3S2. The molecule has 27 heavy (non-hydrogen) atoms. The predicted molar refractivity (Wildman–Crippen MR) is 108 cm³/mol. The minimum atomic E-state index is -3.80. The molecule has 9 heteroatoms. The van der Waals surface area contributed by atoms with Gasteiger partial charge in [-0.2, -0.15) is 0 Å². The van der Waals surface area contributed by atoms with Gasteiger partial charge in [0.1, 0.15) is 0 Å². The van der Waals surface area contributed by atoms with E-state index in [1.165, 1.54) is 23.5 Å². The van der Waals surface area contributed by atoms with Crippen LogP contribution in [-0.2, 0) is 21.2 Å². The maximum Gasteiger partial charge on any atom is 0.261 e. The molecule has 0 atom stereocenters. The third-order valence-corrected chi connectivity index (χ3v) is 5.99. The van der Waals surface area contributed by atoms with Crippen LogP contribution in [0.2, 0.25) is 5.02 Å². The Morgan fingerprint density at radius 2 is 1.89 bits per heavy atom. The zero-order valence-electron chi connectivity index (χ0n) is 14.3. The van der Waals surface area contributed by atoms with Gasteiger partial charge >= 0.3 is 0 Å². The average Bonchev–Trinajstić information content (AvgIpc) is 3.01. The van der Waals surface area contributed by atoms with E-state index in [1.807, 2.05) is 12.3 Å². The second kappa shape index (κ2) is 8.08. The van der Waals surface area contributed by atoms with E-state index in [0.29, 0.717) is 22.1 Å². The molecule has 0 fully saturated rings. The number of hydrogen-bond acceptors (Lipinski definition) is 5. The maximum absolute atomic E-state index is 12.6. The maximum atomic E-state index is 12.6. The molecule has 0 radical (unpaired) electrons. The zero-order valence-corrected chi connectivity index (χ0v) is 16.7. The van der Waals surface area contributed by atoms with E-state index in [9.17, 15) is 13.2 Å². The summed E-state index contributed by atoms with van der Waals surface area (Å²) >= 11 is 7.28. The highest BCUT2D eigenvalue weighted by molar-refractivity contribution is 7.92. The molecule has 1 amide bonds. The summed E-state index contributed by atoms with van der Waals surface area (Å²) < 4.78 is 27.6. The fraction of sp³-hybridized carbons (Fsp3) is 0.111. The van der Waals surface area contributed by atoms with Gasteiger partial charge in [-0.3, -0.25) is 9.52 Å². The monoisotopic (exact) mass is 421 g/mol. The van der Waals surface area contributed by atoms with Crippen molar-refractivity contribution >= 4 is 50.2 Å². The number of nitrogens with one attached hydrogen (secondary N) is 2. The van der Waals surface area contributed by atoms with Gasteiger partial charge in [0.05, 0.1) is 22.0 Å². The van der Waals surface area contributed by atoms with E-state index >= 15 is 0 Å². The third-order valence-electron chi connectivity index (χ3n) is 3.53. The van der Waals surface area contributed by atoms with Crippen molar-refractivity contribution in [3.63, 3.8) is 0 Å². The molecule has 3 aromatic rings. The number of aryl methyl sites for hydroxylation is 1. The van der Waals surface area contributed by atoms with E-state index in [0.717, 1.165) is 5.01 Å². The van der Waals surface area contributed by atoms with E-state index < -0.39 is 10.0 Å². The lowest BCUT2D eigenvalue weighted by molar-refractivity contribution is -0.115.